The number of benzene rings is 4. The van der Waals surface area contributed by atoms with Crippen molar-refractivity contribution in [2.24, 2.45) is 0 Å². The average molecular weight is 591 g/mol. The van der Waals surface area contributed by atoms with Gasteiger partial charge in [-0.05, 0) is 88.1 Å². The lowest BCUT2D eigenvalue weighted by molar-refractivity contribution is 0.567. The van der Waals surface area contributed by atoms with Crippen LogP contribution in [0.5, 0.6) is 0 Å². The Labute approximate surface area is 239 Å². The number of nitrogens with one attached hydrogen (secondary N) is 2. The molecule has 0 atom stereocenters. The lowest BCUT2D eigenvalue weighted by atomic mass is 10.1. The van der Waals surface area contributed by atoms with Gasteiger partial charge in [0.25, 0.3) is 20.0 Å². The van der Waals surface area contributed by atoms with E-state index in [0.29, 0.717) is 22.1 Å². The van der Waals surface area contributed by atoms with E-state index >= 15 is 0 Å². The Kier molecular flexibility index (Phi) is 6.95. The topological polar surface area (TPSA) is 123 Å². The molecule has 0 aliphatic rings. The fourth-order valence-corrected chi connectivity index (χ4v) is 7.74. The maximum atomic E-state index is 13.3. The molecular weight excluding hydrogens is 560 g/mol. The van der Waals surface area contributed by atoms with Gasteiger partial charge in [-0.25, -0.2) is 21.6 Å². The van der Waals surface area contributed by atoms with Crippen molar-refractivity contribution in [2.45, 2.75) is 51.3 Å². The minimum absolute atomic E-state index is 0.0670. The van der Waals surface area contributed by atoms with Gasteiger partial charge in [0.05, 0.1) is 26.6 Å². The lowest BCUT2D eigenvalue weighted by Crippen LogP contribution is -2.16. The van der Waals surface area contributed by atoms with Gasteiger partial charge in [0.15, 0.2) is 0 Å². The van der Waals surface area contributed by atoms with Gasteiger partial charge in [0, 0.05) is 16.8 Å². The molecule has 0 radical (unpaired) electrons. The Bertz CT molecular complexity index is 2120. The SMILES string of the molecule is Cc1cc(C)c(NS(=O)(=O)c2ccc3c(c2)oc(=O)c2cc(S(=O)(=O)Nc4c(C)cc(C)cc4C)ccc23)c(C)c1. The first-order valence-electron chi connectivity index (χ1n) is 12.9. The zero-order chi connectivity index (χ0) is 29.9. The van der Waals surface area contributed by atoms with E-state index in [1.165, 1.54) is 30.3 Å². The summed E-state index contributed by atoms with van der Waals surface area (Å²) in [4.78, 5) is 12.8. The Hall–Kier alpha value is -4.15. The molecule has 0 saturated heterocycles. The van der Waals surface area contributed by atoms with Crippen LogP contribution in [0.3, 0.4) is 0 Å². The Morgan fingerprint density at radius 2 is 0.951 bits per heavy atom. The maximum Gasteiger partial charge on any atom is 0.344 e. The average Bonchev–Trinajstić information content (AvgIpc) is 2.88. The molecule has 0 spiro atoms. The number of hydrogen-bond acceptors (Lipinski definition) is 6. The third-order valence-corrected chi connectivity index (χ3v) is 9.80. The summed E-state index contributed by atoms with van der Waals surface area (Å²) in [6.07, 6.45) is 0. The van der Waals surface area contributed by atoms with Crippen LogP contribution in [-0.2, 0) is 20.0 Å². The molecule has 4 aromatic carbocycles. The van der Waals surface area contributed by atoms with Crippen molar-refractivity contribution in [3.8, 4) is 0 Å². The van der Waals surface area contributed by atoms with E-state index in [2.05, 4.69) is 9.44 Å². The second-order valence-corrected chi connectivity index (χ2v) is 13.9. The molecule has 5 aromatic rings. The van der Waals surface area contributed by atoms with Crippen LogP contribution in [0.4, 0.5) is 11.4 Å². The molecule has 0 amide bonds. The molecule has 0 aliphatic carbocycles. The second kappa shape index (κ2) is 10.0. The molecule has 10 heteroatoms. The Morgan fingerprint density at radius 3 is 1.41 bits per heavy atom. The summed E-state index contributed by atoms with van der Waals surface area (Å²) in [5.41, 5.74) is 5.46. The number of fused-ring (bicyclic) bond motifs is 3. The van der Waals surface area contributed by atoms with Crippen LogP contribution in [0.1, 0.15) is 33.4 Å². The Balaban J connectivity index is 1.54. The molecule has 0 aliphatic heterocycles. The van der Waals surface area contributed by atoms with Crippen LogP contribution in [0.2, 0.25) is 0 Å². The normalized spacial score (nSPS) is 12.1. The van der Waals surface area contributed by atoms with Gasteiger partial charge in [0.1, 0.15) is 5.58 Å². The molecule has 0 saturated carbocycles. The molecule has 0 unspecified atom stereocenters. The quantitative estimate of drug-likeness (QED) is 0.174. The minimum Gasteiger partial charge on any atom is -0.422 e. The fourth-order valence-electron chi connectivity index (χ4n) is 5.29. The van der Waals surface area contributed by atoms with Crippen LogP contribution in [0.15, 0.2) is 79.7 Å². The van der Waals surface area contributed by atoms with E-state index in [-0.39, 0.29) is 20.8 Å². The van der Waals surface area contributed by atoms with Gasteiger partial charge in [-0.1, -0.05) is 41.5 Å². The summed E-state index contributed by atoms with van der Waals surface area (Å²) in [6.45, 7) is 11.2. The van der Waals surface area contributed by atoms with Crippen LogP contribution < -0.4 is 15.1 Å². The molecule has 212 valence electrons. The van der Waals surface area contributed by atoms with Gasteiger partial charge in [-0.15, -0.1) is 0 Å². The smallest absolute Gasteiger partial charge is 0.344 e. The number of sulfonamides is 2. The molecule has 5 rings (SSSR count). The highest BCUT2D eigenvalue weighted by Gasteiger charge is 2.21. The molecule has 2 N–H and O–H groups in total. The summed E-state index contributed by atoms with van der Waals surface area (Å²) in [5.74, 6) is 0. The highest BCUT2D eigenvalue weighted by Crippen LogP contribution is 2.31. The zero-order valence-electron chi connectivity index (χ0n) is 23.5. The first kappa shape index (κ1) is 28.4. The summed E-state index contributed by atoms with van der Waals surface area (Å²) in [5, 5.41) is 0.987. The summed E-state index contributed by atoms with van der Waals surface area (Å²) < 4.78 is 63.8. The van der Waals surface area contributed by atoms with Gasteiger partial charge in [0.2, 0.25) is 0 Å². The van der Waals surface area contributed by atoms with Crippen molar-refractivity contribution in [1.82, 2.24) is 0 Å². The van der Waals surface area contributed by atoms with Crippen molar-refractivity contribution in [3.63, 3.8) is 0 Å². The highest BCUT2D eigenvalue weighted by molar-refractivity contribution is 7.93. The monoisotopic (exact) mass is 590 g/mol. The maximum absolute atomic E-state index is 13.3. The zero-order valence-corrected chi connectivity index (χ0v) is 25.2. The van der Waals surface area contributed by atoms with Crippen molar-refractivity contribution in [2.75, 3.05) is 9.44 Å². The van der Waals surface area contributed by atoms with Crippen LogP contribution in [-0.4, -0.2) is 16.8 Å². The third kappa shape index (κ3) is 5.32. The molecule has 0 fully saturated rings. The molecule has 1 aromatic heterocycles. The predicted molar refractivity (Wildman–Crippen MR) is 163 cm³/mol. The molecule has 41 heavy (non-hydrogen) atoms. The molecule has 8 nitrogen and oxygen atoms in total. The van der Waals surface area contributed by atoms with Crippen molar-refractivity contribution in [3.05, 3.63) is 104 Å². The Morgan fingerprint density at radius 1 is 0.537 bits per heavy atom. The van der Waals surface area contributed by atoms with E-state index in [1.54, 1.807) is 6.07 Å². The number of hydrogen-bond donors (Lipinski definition) is 2. The standard InChI is InChI=1S/C31H30N2O6S2/c1-17-11-19(3)29(20(4)12-17)32-40(35,36)23-7-9-25-26-10-8-24(16-28(26)39-31(34)27(25)15-23)41(37,38)33-30-21(5)13-18(2)14-22(30)6/h7-16,32-33H,1-6H3. The van der Waals surface area contributed by atoms with E-state index in [9.17, 15) is 21.6 Å². The van der Waals surface area contributed by atoms with Gasteiger partial charge < -0.3 is 4.42 Å². The van der Waals surface area contributed by atoms with Crippen molar-refractivity contribution < 1.29 is 21.3 Å². The minimum atomic E-state index is -4.02. The van der Waals surface area contributed by atoms with E-state index in [1.807, 2.05) is 65.8 Å². The highest BCUT2D eigenvalue weighted by atomic mass is 32.2. The van der Waals surface area contributed by atoms with E-state index in [0.717, 1.165) is 33.4 Å². The third-order valence-electron chi connectivity index (χ3n) is 7.10. The molecule has 1 heterocycles. The predicted octanol–water partition coefficient (Wildman–Crippen LogP) is 6.40. The van der Waals surface area contributed by atoms with E-state index < -0.39 is 25.7 Å². The van der Waals surface area contributed by atoms with Gasteiger partial charge in [-0.3, -0.25) is 9.44 Å². The fraction of sp³-hybridized carbons (Fsp3) is 0.194. The van der Waals surface area contributed by atoms with E-state index in [4.69, 9.17) is 4.42 Å². The molecular formula is C31H30N2O6S2. The first-order valence-corrected chi connectivity index (χ1v) is 15.8. The summed E-state index contributed by atoms with van der Waals surface area (Å²) in [7, 11) is -8.01. The second-order valence-electron chi connectivity index (χ2n) is 10.5. The van der Waals surface area contributed by atoms with Crippen LogP contribution in [0.25, 0.3) is 21.7 Å². The molecule has 0 bridgehead atoms. The van der Waals surface area contributed by atoms with Crippen molar-refractivity contribution >= 4 is 53.2 Å². The van der Waals surface area contributed by atoms with Gasteiger partial charge in [-0.2, -0.15) is 0 Å². The van der Waals surface area contributed by atoms with Crippen LogP contribution >= 0.6 is 0 Å². The number of rotatable bonds is 6. The summed E-state index contributed by atoms with van der Waals surface area (Å²) >= 11 is 0. The number of aryl methyl sites for hydroxylation is 6. The van der Waals surface area contributed by atoms with Gasteiger partial charge >= 0.3 is 5.63 Å². The van der Waals surface area contributed by atoms with Crippen molar-refractivity contribution in [1.29, 1.82) is 0 Å². The first-order chi connectivity index (χ1) is 19.2. The number of anilines is 2. The lowest BCUT2D eigenvalue weighted by Gasteiger charge is -2.15. The largest absolute Gasteiger partial charge is 0.422 e. The van der Waals surface area contributed by atoms with Crippen LogP contribution in [0, 0.1) is 41.5 Å². The summed E-state index contributed by atoms with van der Waals surface area (Å²) in [6, 6.07) is 16.1.